The number of rotatable bonds is 3. The van der Waals surface area contributed by atoms with Crippen LogP contribution in [0.4, 0.5) is 15.8 Å². The maximum atomic E-state index is 13.0. The molecule has 0 bridgehead atoms. The summed E-state index contributed by atoms with van der Waals surface area (Å²) in [5.41, 5.74) is 6.72. The van der Waals surface area contributed by atoms with Gasteiger partial charge in [0.15, 0.2) is 0 Å². The predicted molar refractivity (Wildman–Crippen MR) is 76.5 cm³/mol. The highest BCUT2D eigenvalue weighted by Gasteiger charge is 2.16. The van der Waals surface area contributed by atoms with Gasteiger partial charge in [0.25, 0.3) is 5.91 Å². The average Bonchev–Trinajstić information content (AvgIpc) is 2.46. The molecule has 2 N–H and O–H groups in total. The molecular formula is C15H15FN2O2. The fourth-order valence-electron chi connectivity index (χ4n) is 1.85. The van der Waals surface area contributed by atoms with E-state index >= 15 is 0 Å². The van der Waals surface area contributed by atoms with Crippen molar-refractivity contribution in [3.8, 4) is 5.75 Å². The number of ether oxygens (including phenoxy) is 1. The lowest BCUT2D eigenvalue weighted by molar-refractivity contribution is 0.0994. The highest BCUT2D eigenvalue weighted by molar-refractivity contribution is 6.09. The largest absolute Gasteiger partial charge is 0.497 e. The van der Waals surface area contributed by atoms with E-state index in [1.165, 1.54) is 17.0 Å². The summed E-state index contributed by atoms with van der Waals surface area (Å²) in [5, 5.41) is 0. The van der Waals surface area contributed by atoms with Crippen LogP contribution in [-0.2, 0) is 0 Å². The van der Waals surface area contributed by atoms with Gasteiger partial charge in [-0.1, -0.05) is 6.07 Å². The zero-order chi connectivity index (χ0) is 14.7. The van der Waals surface area contributed by atoms with Crippen molar-refractivity contribution >= 4 is 17.3 Å². The van der Waals surface area contributed by atoms with Gasteiger partial charge in [0.1, 0.15) is 11.6 Å². The van der Waals surface area contributed by atoms with Crippen LogP contribution in [0.3, 0.4) is 0 Å². The zero-order valence-corrected chi connectivity index (χ0v) is 11.3. The van der Waals surface area contributed by atoms with Gasteiger partial charge in [0.05, 0.1) is 12.7 Å². The maximum Gasteiger partial charge on any atom is 0.260 e. The minimum absolute atomic E-state index is 0.116. The quantitative estimate of drug-likeness (QED) is 0.875. The fourth-order valence-corrected chi connectivity index (χ4v) is 1.85. The van der Waals surface area contributed by atoms with Gasteiger partial charge in [0.2, 0.25) is 0 Å². The predicted octanol–water partition coefficient (Wildman–Crippen LogP) is 2.69. The zero-order valence-electron chi connectivity index (χ0n) is 11.3. The monoisotopic (exact) mass is 274 g/mol. The Hall–Kier alpha value is -2.56. The van der Waals surface area contributed by atoms with E-state index in [9.17, 15) is 9.18 Å². The Balaban J connectivity index is 2.32. The molecule has 2 aromatic carbocycles. The van der Waals surface area contributed by atoms with Crippen molar-refractivity contribution in [3.05, 3.63) is 53.8 Å². The van der Waals surface area contributed by atoms with Gasteiger partial charge >= 0.3 is 0 Å². The highest BCUT2D eigenvalue weighted by atomic mass is 19.1. The maximum absolute atomic E-state index is 13.0. The van der Waals surface area contributed by atoms with Crippen LogP contribution in [0.15, 0.2) is 42.5 Å². The number of amides is 1. The first-order valence-corrected chi connectivity index (χ1v) is 6.00. The number of anilines is 2. The molecule has 0 heterocycles. The van der Waals surface area contributed by atoms with Crippen molar-refractivity contribution in [2.24, 2.45) is 0 Å². The van der Waals surface area contributed by atoms with Crippen LogP contribution in [0.2, 0.25) is 0 Å². The first-order valence-electron chi connectivity index (χ1n) is 6.00. The third kappa shape index (κ3) is 2.71. The number of carbonyl (C=O) groups excluding carboxylic acids is 1. The number of benzene rings is 2. The molecule has 0 fully saturated rings. The van der Waals surface area contributed by atoms with E-state index in [0.29, 0.717) is 11.4 Å². The number of methoxy groups -OCH3 is 1. The number of hydrogen-bond donors (Lipinski definition) is 1. The van der Waals surface area contributed by atoms with Gasteiger partial charge in [-0.05, 0) is 30.3 Å². The Kier molecular flexibility index (Phi) is 3.89. The molecule has 0 saturated heterocycles. The van der Waals surface area contributed by atoms with E-state index < -0.39 is 5.82 Å². The Morgan fingerprint density at radius 1 is 1.25 bits per heavy atom. The normalized spacial score (nSPS) is 10.2. The second-order valence-corrected chi connectivity index (χ2v) is 4.30. The third-order valence-electron chi connectivity index (χ3n) is 2.99. The summed E-state index contributed by atoms with van der Waals surface area (Å²) in [6.45, 7) is 0. The van der Waals surface area contributed by atoms with E-state index in [1.807, 2.05) is 0 Å². The van der Waals surface area contributed by atoms with E-state index in [-0.39, 0.29) is 17.2 Å². The lowest BCUT2D eigenvalue weighted by Gasteiger charge is -2.19. The molecular weight excluding hydrogens is 259 g/mol. The Labute approximate surface area is 116 Å². The van der Waals surface area contributed by atoms with Crippen LogP contribution >= 0.6 is 0 Å². The molecule has 104 valence electrons. The van der Waals surface area contributed by atoms with Crippen LogP contribution in [0.1, 0.15) is 10.4 Å². The third-order valence-corrected chi connectivity index (χ3v) is 2.99. The van der Waals surface area contributed by atoms with Crippen molar-refractivity contribution in [2.45, 2.75) is 0 Å². The number of carbonyl (C=O) groups is 1. The molecule has 4 nitrogen and oxygen atoms in total. The minimum Gasteiger partial charge on any atom is -0.497 e. The van der Waals surface area contributed by atoms with Gasteiger partial charge < -0.3 is 15.4 Å². The molecule has 2 rings (SSSR count). The molecule has 0 aliphatic carbocycles. The first-order chi connectivity index (χ1) is 9.52. The fraction of sp³-hybridized carbons (Fsp3) is 0.133. The first kappa shape index (κ1) is 13.9. The SMILES string of the molecule is COc1cccc(N(C)C(=O)c2ccc(F)cc2N)c1. The van der Waals surface area contributed by atoms with Crippen molar-refractivity contribution < 1.29 is 13.9 Å². The van der Waals surface area contributed by atoms with Gasteiger partial charge in [-0.25, -0.2) is 4.39 Å². The highest BCUT2D eigenvalue weighted by Crippen LogP contribution is 2.23. The molecule has 0 aromatic heterocycles. The van der Waals surface area contributed by atoms with E-state index in [1.54, 1.807) is 38.4 Å². The summed E-state index contributed by atoms with van der Waals surface area (Å²) in [5.74, 6) is -0.131. The molecule has 0 aliphatic heterocycles. The summed E-state index contributed by atoms with van der Waals surface area (Å²) >= 11 is 0. The van der Waals surface area contributed by atoms with Crippen molar-refractivity contribution in [2.75, 3.05) is 24.8 Å². The molecule has 5 heteroatoms. The molecule has 0 atom stereocenters. The number of halogens is 1. The Morgan fingerprint density at radius 3 is 2.65 bits per heavy atom. The smallest absolute Gasteiger partial charge is 0.260 e. The van der Waals surface area contributed by atoms with Crippen LogP contribution in [0.5, 0.6) is 5.75 Å². The second kappa shape index (κ2) is 5.61. The van der Waals surface area contributed by atoms with Crippen LogP contribution in [-0.4, -0.2) is 20.1 Å². The van der Waals surface area contributed by atoms with Crippen LogP contribution in [0, 0.1) is 5.82 Å². The van der Waals surface area contributed by atoms with Gasteiger partial charge in [-0.2, -0.15) is 0 Å². The second-order valence-electron chi connectivity index (χ2n) is 4.30. The molecule has 0 saturated carbocycles. The average molecular weight is 274 g/mol. The number of hydrogen-bond acceptors (Lipinski definition) is 3. The van der Waals surface area contributed by atoms with Crippen molar-refractivity contribution in [1.82, 2.24) is 0 Å². The molecule has 1 amide bonds. The molecule has 20 heavy (non-hydrogen) atoms. The van der Waals surface area contributed by atoms with Crippen LogP contribution < -0.4 is 15.4 Å². The van der Waals surface area contributed by atoms with E-state index in [2.05, 4.69) is 0 Å². The van der Waals surface area contributed by atoms with Gasteiger partial charge in [-0.3, -0.25) is 4.79 Å². The molecule has 0 spiro atoms. The van der Waals surface area contributed by atoms with Gasteiger partial charge in [0, 0.05) is 24.5 Å². The van der Waals surface area contributed by atoms with Crippen molar-refractivity contribution in [3.63, 3.8) is 0 Å². The minimum atomic E-state index is -0.469. The number of nitrogens with zero attached hydrogens (tertiary/aromatic N) is 1. The number of nitrogen functional groups attached to an aromatic ring is 1. The summed E-state index contributed by atoms with van der Waals surface area (Å²) in [4.78, 5) is 13.8. The van der Waals surface area contributed by atoms with Crippen molar-refractivity contribution in [1.29, 1.82) is 0 Å². The summed E-state index contributed by atoms with van der Waals surface area (Å²) in [6, 6.07) is 10.8. The Bertz CT molecular complexity index is 644. The standard InChI is InChI=1S/C15H15FN2O2/c1-18(11-4-3-5-12(9-11)20-2)15(19)13-7-6-10(16)8-14(13)17/h3-9H,17H2,1-2H3. The van der Waals surface area contributed by atoms with Gasteiger partial charge in [-0.15, -0.1) is 0 Å². The summed E-state index contributed by atoms with van der Waals surface area (Å²) < 4.78 is 18.1. The topological polar surface area (TPSA) is 55.6 Å². The Morgan fingerprint density at radius 2 is 2.00 bits per heavy atom. The van der Waals surface area contributed by atoms with E-state index in [0.717, 1.165) is 6.07 Å². The summed E-state index contributed by atoms with van der Waals surface area (Å²) in [7, 11) is 3.18. The van der Waals surface area contributed by atoms with E-state index in [4.69, 9.17) is 10.5 Å². The lowest BCUT2D eigenvalue weighted by atomic mass is 10.1. The van der Waals surface area contributed by atoms with Crippen LogP contribution in [0.25, 0.3) is 0 Å². The molecule has 0 aliphatic rings. The molecule has 2 aromatic rings. The molecule has 0 radical (unpaired) electrons. The summed E-state index contributed by atoms with van der Waals surface area (Å²) in [6.07, 6.45) is 0. The number of nitrogens with two attached hydrogens (primary N) is 1. The molecule has 0 unspecified atom stereocenters. The lowest BCUT2D eigenvalue weighted by Crippen LogP contribution is -2.27.